The Labute approximate surface area is 98.2 Å². The predicted octanol–water partition coefficient (Wildman–Crippen LogP) is 2.49. The molecule has 0 saturated heterocycles. The standard InChI is InChI=1S/C11H15BrN2O/c12-8-4-3-7-14-11(8)15-10-6-2-1-5-9(10)13/h3-4,7,9-10H,1-2,5-6,13H2. The number of aromatic nitrogens is 1. The lowest BCUT2D eigenvalue weighted by molar-refractivity contribution is 0.126. The molecule has 1 heterocycles. The highest BCUT2D eigenvalue weighted by Crippen LogP contribution is 2.26. The van der Waals surface area contributed by atoms with Crippen molar-refractivity contribution in [3.8, 4) is 5.88 Å². The number of pyridine rings is 1. The van der Waals surface area contributed by atoms with Gasteiger partial charge in [0, 0.05) is 12.2 Å². The molecule has 1 aliphatic rings. The number of rotatable bonds is 2. The lowest BCUT2D eigenvalue weighted by atomic mass is 9.93. The van der Waals surface area contributed by atoms with Crippen molar-refractivity contribution in [1.82, 2.24) is 4.98 Å². The second-order valence-corrected chi connectivity index (χ2v) is 4.75. The van der Waals surface area contributed by atoms with Gasteiger partial charge in [0.1, 0.15) is 6.10 Å². The van der Waals surface area contributed by atoms with Crippen molar-refractivity contribution in [2.75, 3.05) is 0 Å². The maximum Gasteiger partial charge on any atom is 0.228 e. The fourth-order valence-corrected chi connectivity index (χ4v) is 2.22. The van der Waals surface area contributed by atoms with Gasteiger partial charge in [0.15, 0.2) is 0 Å². The van der Waals surface area contributed by atoms with E-state index < -0.39 is 0 Å². The summed E-state index contributed by atoms with van der Waals surface area (Å²) in [4.78, 5) is 4.18. The van der Waals surface area contributed by atoms with Crippen LogP contribution >= 0.6 is 15.9 Å². The van der Waals surface area contributed by atoms with Crippen molar-refractivity contribution in [3.05, 3.63) is 22.8 Å². The summed E-state index contributed by atoms with van der Waals surface area (Å²) in [6, 6.07) is 3.95. The van der Waals surface area contributed by atoms with E-state index in [4.69, 9.17) is 10.5 Å². The van der Waals surface area contributed by atoms with Crippen LogP contribution < -0.4 is 10.5 Å². The quantitative estimate of drug-likeness (QED) is 0.899. The van der Waals surface area contributed by atoms with E-state index in [0.29, 0.717) is 5.88 Å². The third kappa shape index (κ3) is 2.69. The summed E-state index contributed by atoms with van der Waals surface area (Å²) in [6.45, 7) is 0. The first kappa shape index (κ1) is 10.9. The zero-order valence-electron chi connectivity index (χ0n) is 8.53. The largest absolute Gasteiger partial charge is 0.472 e. The Balaban J connectivity index is 2.04. The molecule has 4 heteroatoms. The number of nitrogens with two attached hydrogens (primary N) is 1. The maximum absolute atomic E-state index is 6.01. The third-order valence-corrected chi connectivity index (χ3v) is 3.34. The molecule has 0 bridgehead atoms. The van der Waals surface area contributed by atoms with Crippen LogP contribution in [0, 0.1) is 0 Å². The minimum Gasteiger partial charge on any atom is -0.472 e. The Morgan fingerprint density at radius 3 is 2.93 bits per heavy atom. The van der Waals surface area contributed by atoms with Crippen LogP contribution in [0.5, 0.6) is 5.88 Å². The molecule has 1 saturated carbocycles. The van der Waals surface area contributed by atoms with Gasteiger partial charge in [0.25, 0.3) is 0 Å². The Bertz CT molecular complexity index is 332. The van der Waals surface area contributed by atoms with Crippen LogP contribution in [0.3, 0.4) is 0 Å². The van der Waals surface area contributed by atoms with Crippen LogP contribution in [0.25, 0.3) is 0 Å². The molecule has 1 aromatic heterocycles. The molecule has 82 valence electrons. The highest BCUT2D eigenvalue weighted by Gasteiger charge is 2.24. The maximum atomic E-state index is 6.01. The molecule has 0 radical (unpaired) electrons. The Kier molecular flexibility index (Phi) is 3.59. The molecule has 2 unspecified atom stereocenters. The number of nitrogens with zero attached hydrogens (tertiary/aromatic N) is 1. The van der Waals surface area contributed by atoms with Gasteiger partial charge in [-0.25, -0.2) is 4.98 Å². The lowest BCUT2D eigenvalue weighted by Crippen LogP contribution is -2.41. The molecule has 15 heavy (non-hydrogen) atoms. The second kappa shape index (κ2) is 4.94. The summed E-state index contributed by atoms with van der Waals surface area (Å²) in [5, 5.41) is 0. The van der Waals surface area contributed by atoms with E-state index in [1.807, 2.05) is 12.1 Å². The van der Waals surface area contributed by atoms with Crippen LogP contribution in [0.1, 0.15) is 25.7 Å². The molecule has 0 aliphatic heterocycles. The van der Waals surface area contributed by atoms with Crippen LogP contribution in [-0.4, -0.2) is 17.1 Å². The molecule has 2 N–H and O–H groups in total. The molecule has 0 spiro atoms. The molecule has 1 aromatic rings. The van der Waals surface area contributed by atoms with E-state index in [0.717, 1.165) is 17.3 Å². The Morgan fingerprint density at radius 1 is 1.40 bits per heavy atom. The van der Waals surface area contributed by atoms with Gasteiger partial charge in [-0.3, -0.25) is 0 Å². The van der Waals surface area contributed by atoms with Crippen molar-refractivity contribution in [1.29, 1.82) is 0 Å². The first-order chi connectivity index (χ1) is 7.27. The van der Waals surface area contributed by atoms with E-state index in [9.17, 15) is 0 Å². The highest BCUT2D eigenvalue weighted by molar-refractivity contribution is 9.10. The van der Waals surface area contributed by atoms with E-state index >= 15 is 0 Å². The SMILES string of the molecule is NC1CCCCC1Oc1ncccc1Br. The Morgan fingerprint density at radius 2 is 2.20 bits per heavy atom. The predicted molar refractivity (Wildman–Crippen MR) is 62.8 cm³/mol. The molecule has 1 fully saturated rings. The van der Waals surface area contributed by atoms with Gasteiger partial charge in [0.2, 0.25) is 5.88 Å². The zero-order valence-corrected chi connectivity index (χ0v) is 10.1. The average molecular weight is 271 g/mol. The van der Waals surface area contributed by atoms with Crippen molar-refractivity contribution < 1.29 is 4.74 Å². The first-order valence-electron chi connectivity index (χ1n) is 5.30. The average Bonchev–Trinajstić information content (AvgIpc) is 2.24. The smallest absolute Gasteiger partial charge is 0.228 e. The summed E-state index contributed by atoms with van der Waals surface area (Å²) < 4.78 is 6.71. The zero-order chi connectivity index (χ0) is 10.7. The van der Waals surface area contributed by atoms with Gasteiger partial charge in [-0.1, -0.05) is 6.42 Å². The second-order valence-electron chi connectivity index (χ2n) is 3.89. The van der Waals surface area contributed by atoms with Gasteiger partial charge in [-0.15, -0.1) is 0 Å². The number of hydrogen-bond acceptors (Lipinski definition) is 3. The number of halogens is 1. The van der Waals surface area contributed by atoms with Gasteiger partial charge in [-0.05, 0) is 47.3 Å². The normalized spacial score (nSPS) is 26.3. The monoisotopic (exact) mass is 270 g/mol. The van der Waals surface area contributed by atoms with E-state index in [2.05, 4.69) is 20.9 Å². The van der Waals surface area contributed by atoms with Crippen LogP contribution in [-0.2, 0) is 0 Å². The molecule has 0 amide bonds. The molecular weight excluding hydrogens is 256 g/mol. The fourth-order valence-electron chi connectivity index (χ4n) is 1.87. The lowest BCUT2D eigenvalue weighted by Gasteiger charge is -2.28. The van der Waals surface area contributed by atoms with Crippen LogP contribution in [0.2, 0.25) is 0 Å². The number of ether oxygens (including phenoxy) is 1. The minimum atomic E-state index is 0.116. The van der Waals surface area contributed by atoms with Crippen molar-refractivity contribution in [3.63, 3.8) is 0 Å². The summed E-state index contributed by atoms with van der Waals surface area (Å²) in [5.41, 5.74) is 6.01. The summed E-state index contributed by atoms with van der Waals surface area (Å²) in [7, 11) is 0. The summed E-state index contributed by atoms with van der Waals surface area (Å²) in [6.07, 6.45) is 6.34. The minimum absolute atomic E-state index is 0.116. The van der Waals surface area contributed by atoms with E-state index in [1.165, 1.54) is 12.8 Å². The van der Waals surface area contributed by atoms with Crippen LogP contribution in [0.15, 0.2) is 22.8 Å². The Hall–Kier alpha value is -0.610. The number of hydrogen-bond donors (Lipinski definition) is 1. The van der Waals surface area contributed by atoms with Crippen molar-refractivity contribution in [2.24, 2.45) is 5.73 Å². The first-order valence-corrected chi connectivity index (χ1v) is 6.09. The molecule has 2 atom stereocenters. The van der Waals surface area contributed by atoms with E-state index in [-0.39, 0.29) is 12.1 Å². The third-order valence-electron chi connectivity index (χ3n) is 2.74. The van der Waals surface area contributed by atoms with Gasteiger partial charge in [-0.2, -0.15) is 0 Å². The molecule has 0 aromatic carbocycles. The van der Waals surface area contributed by atoms with Gasteiger partial charge < -0.3 is 10.5 Å². The summed E-state index contributed by atoms with van der Waals surface area (Å²) >= 11 is 3.41. The molecular formula is C11H15BrN2O. The van der Waals surface area contributed by atoms with Gasteiger partial charge in [0.05, 0.1) is 4.47 Å². The van der Waals surface area contributed by atoms with E-state index in [1.54, 1.807) is 6.20 Å². The fraction of sp³-hybridized carbons (Fsp3) is 0.545. The van der Waals surface area contributed by atoms with Crippen LogP contribution in [0.4, 0.5) is 0 Å². The van der Waals surface area contributed by atoms with Crippen molar-refractivity contribution in [2.45, 2.75) is 37.8 Å². The van der Waals surface area contributed by atoms with Gasteiger partial charge >= 0.3 is 0 Å². The molecule has 2 rings (SSSR count). The topological polar surface area (TPSA) is 48.1 Å². The summed E-state index contributed by atoms with van der Waals surface area (Å²) in [5.74, 6) is 0.653. The molecule has 1 aliphatic carbocycles. The molecule has 3 nitrogen and oxygen atoms in total. The highest BCUT2D eigenvalue weighted by atomic mass is 79.9. The van der Waals surface area contributed by atoms with Crippen molar-refractivity contribution >= 4 is 15.9 Å².